The number of anilines is 5. The Kier molecular flexibility index (Phi) is 13.7. The normalized spacial score (nSPS) is 10.8. The second-order valence-corrected chi connectivity index (χ2v) is 13.9. The number of nitrogens with one attached hydrogen (secondary N) is 3. The second-order valence-electron chi connectivity index (χ2n) is 13.0. The van der Waals surface area contributed by atoms with E-state index in [1.54, 1.807) is 81.3 Å². The van der Waals surface area contributed by atoms with Crippen molar-refractivity contribution in [3.05, 3.63) is 138 Å². The van der Waals surface area contributed by atoms with Gasteiger partial charge in [-0.05, 0) is 60.7 Å². The first-order valence-electron chi connectivity index (χ1n) is 18.6. The summed E-state index contributed by atoms with van der Waals surface area (Å²) in [5.74, 6) is 3.00. The van der Waals surface area contributed by atoms with E-state index in [1.807, 2.05) is 29.9 Å². The summed E-state index contributed by atoms with van der Waals surface area (Å²) in [6.45, 7) is 1.44. The third-order valence-corrected chi connectivity index (χ3v) is 9.55. The van der Waals surface area contributed by atoms with Crippen LogP contribution >= 0.6 is 23.2 Å². The van der Waals surface area contributed by atoms with Crippen molar-refractivity contribution in [2.45, 2.75) is 6.42 Å². The van der Waals surface area contributed by atoms with Crippen LogP contribution < -0.4 is 34.9 Å². The number of benzene rings is 4. The summed E-state index contributed by atoms with van der Waals surface area (Å²) in [7, 11) is 5.05. The smallest absolute Gasteiger partial charge is 0.163 e. The lowest BCUT2D eigenvalue weighted by Crippen LogP contribution is -2.12. The molecular weight excluding hydrogens is 829 g/mol. The molecule has 18 heteroatoms. The number of rotatable bonds is 15. The van der Waals surface area contributed by atoms with Crippen molar-refractivity contribution in [2.75, 3.05) is 49.9 Å². The third kappa shape index (κ3) is 10.6. The molecule has 0 saturated heterocycles. The van der Waals surface area contributed by atoms with Gasteiger partial charge in [-0.15, -0.1) is 0 Å². The standard InChI is InChI=1S/C22H19ClFN5O2.C21H19ClFN5O2/c1-30-20-11-16-19(12-21(20)31-9-8-26-15-4-6-25-7-5-15)27-13-28-22(16)29-18-3-2-14(23)10-17(18)24;1-28-7-6-24-20(28)5-8-30-19-11-17-14(10-18(19)29-2)21(26-12-25-17)27-16-4-3-13(22)9-15(16)23/h2-7,10-13H,8-9H2,1H3,(H,25,26)(H,27,28,29);3-4,6-7,9-12H,5,8H2,1-2H3,(H,25,26,27). The molecule has 0 aliphatic carbocycles. The molecule has 4 aromatic heterocycles. The second kappa shape index (κ2) is 19.8. The first-order chi connectivity index (χ1) is 29.7. The lowest BCUT2D eigenvalue weighted by atomic mass is 10.2. The number of hydrogen-bond acceptors (Lipinski definition) is 13. The van der Waals surface area contributed by atoms with Gasteiger partial charge in [-0.3, -0.25) is 4.98 Å². The summed E-state index contributed by atoms with van der Waals surface area (Å²) in [6, 6.07) is 19.6. The molecule has 0 radical (unpaired) electrons. The molecule has 0 unspecified atom stereocenters. The van der Waals surface area contributed by atoms with E-state index in [0.29, 0.717) is 92.7 Å². The molecule has 3 N–H and O–H groups in total. The third-order valence-electron chi connectivity index (χ3n) is 9.08. The van der Waals surface area contributed by atoms with E-state index in [-0.39, 0.29) is 11.4 Å². The molecule has 8 rings (SSSR count). The number of fused-ring (bicyclic) bond motifs is 2. The molecule has 0 atom stereocenters. The summed E-state index contributed by atoms with van der Waals surface area (Å²) in [5, 5.41) is 11.2. The lowest BCUT2D eigenvalue weighted by molar-refractivity contribution is 0.295. The molecule has 61 heavy (non-hydrogen) atoms. The minimum absolute atomic E-state index is 0.255. The van der Waals surface area contributed by atoms with Crippen LogP contribution in [0.4, 0.5) is 37.5 Å². The fourth-order valence-corrected chi connectivity index (χ4v) is 6.34. The largest absolute Gasteiger partial charge is 0.493 e. The van der Waals surface area contributed by atoms with Gasteiger partial charge in [0.1, 0.15) is 48.4 Å². The highest BCUT2D eigenvalue weighted by molar-refractivity contribution is 6.31. The van der Waals surface area contributed by atoms with Crippen molar-refractivity contribution in [3.63, 3.8) is 0 Å². The number of pyridine rings is 1. The fourth-order valence-electron chi connectivity index (χ4n) is 6.02. The topological polar surface area (TPSA) is 155 Å². The van der Waals surface area contributed by atoms with Gasteiger partial charge >= 0.3 is 0 Å². The van der Waals surface area contributed by atoms with Crippen LogP contribution in [-0.2, 0) is 13.5 Å². The molecule has 0 spiro atoms. The number of halogens is 4. The minimum atomic E-state index is -0.479. The van der Waals surface area contributed by atoms with Crippen molar-refractivity contribution in [3.8, 4) is 23.0 Å². The molecule has 0 saturated carbocycles. The van der Waals surface area contributed by atoms with Gasteiger partial charge in [0.2, 0.25) is 0 Å². The van der Waals surface area contributed by atoms with Crippen LogP contribution in [0.15, 0.2) is 110 Å². The van der Waals surface area contributed by atoms with Crippen molar-refractivity contribution < 1.29 is 27.7 Å². The number of imidazole rings is 1. The molecular formula is C43H38Cl2F2N10O4. The van der Waals surface area contributed by atoms with E-state index in [9.17, 15) is 8.78 Å². The zero-order valence-electron chi connectivity index (χ0n) is 33.0. The Morgan fingerprint density at radius 1 is 0.623 bits per heavy atom. The van der Waals surface area contributed by atoms with E-state index in [4.69, 9.17) is 42.1 Å². The van der Waals surface area contributed by atoms with Gasteiger partial charge in [-0.2, -0.15) is 0 Å². The maximum Gasteiger partial charge on any atom is 0.163 e. The monoisotopic (exact) mass is 866 g/mol. The molecule has 0 aliphatic rings. The first kappa shape index (κ1) is 42.1. The summed E-state index contributed by atoms with van der Waals surface area (Å²) in [4.78, 5) is 25.4. The predicted molar refractivity (Wildman–Crippen MR) is 232 cm³/mol. The van der Waals surface area contributed by atoms with Gasteiger partial charge in [0.25, 0.3) is 0 Å². The molecule has 0 bridgehead atoms. The average molecular weight is 868 g/mol. The van der Waals surface area contributed by atoms with Crippen LogP contribution in [0.3, 0.4) is 0 Å². The fraction of sp³-hybridized carbons (Fsp3) is 0.163. The average Bonchev–Trinajstić information content (AvgIpc) is 3.68. The molecule has 0 amide bonds. The number of nitrogens with zero attached hydrogens (tertiary/aromatic N) is 7. The molecule has 4 aromatic carbocycles. The maximum atomic E-state index is 14.2. The molecule has 0 aliphatic heterocycles. The van der Waals surface area contributed by atoms with Gasteiger partial charge in [0.05, 0.1) is 43.2 Å². The van der Waals surface area contributed by atoms with Crippen LogP contribution in [0.5, 0.6) is 23.0 Å². The Morgan fingerprint density at radius 3 is 1.66 bits per heavy atom. The zero-order valence-corrected chi connectivity index (χ0v) is 34.5. The minimum Gasteiger partial charge on any atom is -0.493 e. The summed E-state index contributed by atoms with van der Waals surface area (Å²) in [5.41, 5.74) is 2.74. The van der Waals surface area contributed by atoms with Gasteiger partial charge in [0, 0.05) is 83.4 Å². The maximum absolute atomic E-state index is 14.2. The van der Waals surface area contributed by atoms with Crippen molar-refractivity contribution in [1.29, 1.82) is 0 Å². The lowest BCUT2D eigenvalue weighted by Gasteiger charge is -2.14. The van der Waals surface area contributed by atoms with Gasteiger partial charge in [-0.25, -0.2) is 33.7 Å². The highest BCUT2D eigenvalue weighted by Crippen LogP contribution is 2.37. The highest BCUT2D eigenvalue weighted by Gasteiger charge is 2.15. The van der Waals surface area contributed by atoms with Gasteiger partial charge < -0.3 is 39.5 Å². The van der Waals surface area contributed by atoms with Crippen LogP contribution in [0.1, 0.15) is 5.82 Å². The van der Waals surface area contributed by atoms with Crippen LogP contribution in [0.25, 0.3) is 21.8 Å². The Hall–Kier alpha value is -7.04. The first-order valence-corrected chi connectivity index (χ1v) is 19.4. The summed E-state index contributed by atoms with van der Waals surface area (Å²) >= 11 is 11.7. The van der Waals surface area contributed by atoms with E-state index in [0.717, 1.165) is 11.5 Å². The SMILES string of the molecule is COc1cc2c(Nc3ccc(Cl)cc3F)ncnc2cc1OCCNc1ccncc1.COc1cc2c(Nc3ccc(Cl)cc3F)ncnc2cc1OCCc1nccn1C. The number of ether oxygens (including phenoxy) is 4. The van der Waals surface area contributed by atoms with Crippen molar-refractivity contribution >= 4 is 73.7 Å². The van der Waals surface area contributed by atoms with E-state index >= 15 is 0 Å². The molecule has 0 fully saturated rings. The summed E-state index contributed by atoms with van der Waals surface area (Å²) in [6.07, 6.45) is 10.5. The molecule has 8 aromatic rings. The van der Waals surface area contributed by atoms with E-state index in [2.05, 4.69) is 45.9 Å². The van der Waals surface area contributed by atoms with Crippen molar-refractivity contribution in [2.24, 2.45) is 7.05 Å². The van der Waals surface area contributed by atoms with Gasteiger partial charge in [0.15, 0.2) is 23.0 Å². The number of aromatic nitrogens is 7. The van der Waals surface area contributed by atoms with Crippen LogP contribution in [-0.4, -0.2) is 68.4 Å². The van der Waals surface area contributed by atoms with E-state index in [1.165, 1.54) is 24.8 Å². The molecule has 4 heterocycles. The highest BCUT2D eigenvalue weighted by atomic mass is 35.5. The Bertz CT molecular complexity index is 2770. The predicted octanol–water partition coefficient (Wildman–Crippen LogP) is 9.59. The Balaban J connectivity index is 0.000000184. The number of hydrogen-bond donors (Lipinski definition) is 3. The van der Waals surface area contributed by atoms with Crippen LogP contribution in [0, 0.1) is 11.6 Å². The van der Waals surface area contributed by atoms with Crippen LogP contribution in [0.2, 0.25) is 10.0 Å². The Morgan fingerprint density at radius 2 is 1.16 bits per heavy atom. The summed E-state index contributed by atoms with van der Waals surface area (Å²) < 4.78 is 53.1. The van der Waals surface area contributed by atoms with E-state index < -0.39 is 11.6 Å². The van der Waals surface area contributed by atoms with Crippen molar-refractivity contribution in [1.82, 2.24) is 34.5 Å². The molecule has 312 valence electrons. The molecule has 14 nitrogen and oxygen atoms in total. The Labute approximate surface area is 358 Å². The number of methoxy groups -OCH3 is 2. The zero-order chi connectivity index (χ0) is 42.7. The number of aryl methyl sites for hydroxylation is 1. The van der Waals surface area contributed by atoms with Gasteiger partial charge in [-0.1, -0.05) is 23.2 Å². The quantitative estimate of drug-likeness (QED) is 0.0839.